The van der Waals surface area contributed by atoms with Crippen LogP contribution in [-0.2, 0) is 19.6 Å². The predicted octanol–water partition coefficient (Wildman–Crippen LogP) is 1.98. The summed E-state index contributed by atoms with van der Waals surface area (Å²) >= 11 is 0. The Hall–Kier alpha value is -2.78. The molecule has 0 aromatic heterocycles. The van der Waals surface area contributed by atoms with Gasteiger partial charge in [-0.15, -0.1) is 0 Å². The fourth-order valence-electron chi connectivity index (χ4n) is 3.18. The Morgan fingerprint density at radius 2 is 1.76 bits per heavy atom. The van der Waals surface area contributed by atoms with Crippen molar-refractivity contribution in [1.29, 1.82) is 0 Å². The van der Waals surface area contributed by atoms with Gasteiger partial charge in [0.1, 0.15) is 5.82 Å². The van der Waals surface area contributed by atoms with E-state index in [-0.39, 0.29) is 23.7 Å². The van der Waals surface area contributed by atoms with Gasteiger partial charge in [-0.1, -0.05) is 30.3 Å². The molecule has 29 heavy (non-hydrogen) atoms. The first kappa shape index (κ1) is 20.9. The van der Waals surface area contributed by atoms with Crippen LogP contribution in [-0.4, -0.2) is 44.2 Å². The lowest BCUT2D eigenvalue weighted by atomic mass is 9.99. The molecule has 1 fully saturated rings. The molecule has 1 saturated heterocycles. The third kappa shape index (κ3) is 5.18. The van der Waals surface area contributed by atoms with Gasteiger partial charge in [-0.05, 0) is 37.1 Å². The van der Waals surface area contributed by atoms with Gasteiger partial charge >= 0.3 is 0 Å². The SMILES string of the molecule is O=C(CNC(=O)[C@@H]1CCCN(S(=O)(=O)c2ccccc2)C1)Nc1ccccc1F. The summed E-state index contributed by atoms with van der Waals surface area (Å²) in [6.45, 7) is 0.0713. The lowest BCUT2D eigenvalue weighted by molar-refractivity contribution is -0.128. The largest absolute Gasteiger partial charge is 0.347 e. The van der Waals surface area contributed by atoms with Crippen molar-refractivity contribution in [3.05, 3.63) is 60.4 Å². The number of nitrogens with one attached hydrogen (secondary N) is 2. The van der Waals surface area contributed by atoms with Gasteiger partial charge in [-0.2, -0.15) is 4.31 Å². The van der Waals surface area contributed by atoms with Gasteiger partial charge in [0.15, 0.2) is 0 Å². The van der Waals surface area contributed by atoms with Crippen LogP contribution in [0.25, 0.3) is 0 Å². The van der Waals surface area contributed by atoms with Crippen molar-refractivity contribution < 1.29 is 22.4 Å². The summed E-state index contributed by atoms with van der Waals surface area (Å²) in [4.78, 5) is 24.6. The quantitative estimate of drug-likeness (QED) is 0.749. The summed E-state index contributed by atoms with van der Waals surface area (Å²) in [6.07, 6.45) is 1.08. The summed E-state index contributed by atoms with van der Waals surface area (Å²) < 4.78 is 40.4. The third-order valence-electron chi connectivity index (χ3n) is 4.71. The van der Waals surface area contributed by atoms with Gasteiger partial charge < -0.3 is 10.6 Å². The van der Waals surface area contributed by atoms with E-state index in [4.69, 9.17) is 0 Å². The monoisotopic (exact) mass is 419 g/mol. The van der Waals surface area contributed by atoms with Gasteiger partial charge in [-0.3, -0.25) is 9.59 Å². The number of benzene rings is 2. The van der Waals surface area contributed by atoms with Crippen molar-refractivity contribution >= 4 is 27.5 Å². The molecule has 1 atom stereocenters. The molecule has 2 N–H and O–H groups in total. The fraction of sp³-hybridized carbons (Fsp3) is 0.300. The first-order valence-electron chi connectivity index (χ1n) is 9.25. The molecule has 1 aliphatic rings. The van der Waals surface area contributed by atoms with E-state index >= 15 is 0 Å². The number of nitrogens with zero attached hydrogens (tertiary/aromatic N) is 1. The molecule has 2 aromatic carbocycles. The predicted molar refractivity (Wildman–Crippen MR) is 106 cm³/mol. The number of sulfonamides is 1. The maximum absolute atomic E-state index is 13.6. The van der Waals surface area contributed by atoms with Gasteiger partial charge in [-0.25, -0.2) is 12.8 Å². The average Bonchev–Trinajstić information content (AvgIpc) is 2.74. The maximum Gasteiger partial charge on any atom is 0.243 e. The molecule has 2 aromatic rings. The van der Waals surface area contributed by atoms with Crippen LogP contribution in [0.4, 0.5) is 10.1 Å². The minimum atomic E-state index is -3.67. The topological polar surface area (TPSA) is 95.6 Å². The van der Waals surface area contributed by atoms with Gasteiger partial charge in [0.25, 0.3) is 0 Å². The molecule has 0 unspecified atom stereocenters. The highest BCUT2D eigenvalue weighted by molar-refractivity contribution is 7.89. The minimum Gasteiger partial charge on any atom is -0.347 e. The molecule has 0 aliphatic carbocycles. The molecule has 0 bridgehead atoms. The highest BCUT2D eigenvalue weighted by atomic mass is 32.2. The number of carbonyl (C=O) groups is 2. The summed E-state index contributed by atoms with van der Waals surface area (Å²) in [5, 5.41) is 4.90. The molecule has 0 saturated carbocycles. The van der Waals surface area contributed by atoms with Crippen LogP contribution in [0.1, 0.15) is 12.8 Å². The van der Waals surface area contributed by atoms with Crippen molar-refractivity contribution in [1.82, 2.24) is 9.62 Å². The van der Waals surface area contributed by atoms with Crippen molar-refractivity contribution in [3.63, 3.8) is 0 Å². The van der Waals surface area contributed by atoms with Crippen LogP contribution < -0.4 is 10.6 Å². The van der Waals surface area contributed by atoms with E-state index in [9.17, 15) is 22.4 Å². The standard InChI is InChI=1S/C20H22FN3O4S/c21-17-10-4-5-11-18(17)23-19(25)13-22-20(26)15-7-6-12-24(14-15)29(27,28)16-8-2-1-3-9-16/h1-5,8-11,15H,6-7,12-14H2,(H,22,26)(H,23,25)/t15-/m1/s1. The second-order valence-electron chi connectivity index (χ2n) is 6.76. The molecule has 1 aliphatic heterocycles. The zero-order valence-electron chi connectivity index (χ0n) is 15.7. The maximum atomic E-state index is 13.6. The van der Waals surface area contributed by atoms with Gasteiger partial charge in [0.2, 0.25) is 21.8 Å². The lowest BCUT2D eigenvalue weighted by Crippen LogP contribution is -2.46. The third-order valence-corrected chi connectivity index (χ3v) is 6.59. The van der Waals surface area contributed by atoms with Crippen LogP contribution in [0, 0.1) is 11.7 Å². The van der Waals surface area contributed by atoms with Crippen molar-refractivity contribution in [2.24, 2.45) is 5.92 Å². The Morgan fingerprint density at radius 1 is 1.07 bits per heavy atom. The summed E-state index contributed by atoms with van der Waals surface area (Å²) in [5.41, 5.74) is 0.0320. The Kier molecular flexibility index (Phi) is 6.60. The number of piperidine rings is 1. The van der Waals surface area contributed by atoms with Crippen LogP contribution in [0.2, 0.25) is 0 Å². The number of rotatable bonds is 6. The van der Waals surface area contributed by atoms with Crippen molar-refractivity contribution in [2.75, 3.05) is 25.0 Å². The van der Waals surface area contributed by atoms with Crippen LogP contribution in [0.5, 0.6) is 0 Å². The number of anilines is 1. The van der Waals surface area contributed by atoms with E-state index in [0.717, 1.165) is 0 Å². The number of halogens is 1. The summed E-state index contributed by atoms with van der Waals surface area (Å²) in [6, 6.07) is 13.8. The first-order chi connectivity index (χ1) is 13.9. The summed E-state index contributed by atoms with van der Waals surface area (Å²) in [5.74, 6) is -2.08. The Bertz CT molecular complexity index is 982. The van der Waals surface area contributed by atoms with Crippen LogP contribution in [0.15, 0.2) is 59.5 Å². The molecule has 0 radical (unpaired) electrons. The molecular weight excluding hydrogens is 397 g/mol. The second-order valence-corrected chi connectivity index (χ2v) is 8.70. The van der Waals surface area contributed by atoms with Crippen LogP contribution >= 0.6 is 0 Å². The number of para-hydroxylation sites is 1. The van der Waals surface area contributed by atoms with E-state index in [1.165, 1.54) is 34.6 Å². The number of carbonyl (C=O) groups excluding carboxylic acids is 2. The zero-order valence-corrected chi connectivity index (χ0v) is 16.5. The molecule has 7 nitrogen and oxygen atoms in total. The van der Waals surface area contributed by atoms with E-state index in [1.807, 2.05) is 0 Å². The molecule has 3 rings (SSSR count). The zero-order chi connectivity index (χ0) is 20.9. The minimum absolute atomic E-state index is 0.0320. The van der Waals surface area contributed by atoms with Crippen molar-refractivity contribution in [3.8, 4) is 0 Å². The Labute approximate surface area is 169 Å². The van der Waals surface area contributed by atoms with Crippen molar-refractivity contribution in [2.45, 2.75) is 17.7 Å². The molecule has 9 heteroatoms. The van der Waals surface area contributed by atoms with E-state index < -0.39 is 33.6 Å². The van der Waals surface area contributed by atoms with E-state index in [2.05, 4.69) is 10.6 Å². The number of amides is 2. The summed E-state index contributed by atoms with van der Waals surface area (Å²) in [7, 11) is -3.67. The second kappa shape index (κ2) is 9.15. The van der Waals surface area contributed by atoms with Gasteiger partial charge in [0.05, 0.1) is 23.0 Å². The van der Waals surface area contributed by atoms with Crippen LogP contribution in [0.3, 0.4) is 0 Å². The first-order valence-corrected chi connectivity index (χ1v) is 10.7. The highest BCUT2D eigenvalue weighted by Crippen LogP contribution is 2.23. The molecular formula is C20H22FN3O4S. The normalized spacial score (nSPS) is 17.5. The molecule has 0 spiro atoms. The number of hydrogen-bond acceptors (Lipinski definition) is 4. The Morgan fingerprint density at radius 3 is 2.48 bits per heavy atom. The average molecular weight is 419 g/mol. The molecule has 1 heterocycles. The lowest BCUT2D eigenvalue weighted by Gasteiger charge is -2.31. The Balaban J connectivity index is 1.56. The number of hydrogen-bond donors (Lipinski definition) is 2. The fourth-order valence-corrected chi connectivity index (χ4v) is 4.73. The molecule has 2 amide bonds. The van der Waals surface area contributed by atoms with E-state index in [0.29, 0.717) is 19.4 Å². The highest BCUT2D eigenvalue weighted by Gasteiger charge is 2.33. The smallest absolute Gasteiger partial charge is 0.243 e. The molecule has 154 valence electrons. The van der Waals surface area contributed by atoms with E-state index in [1.54, 1.807) is 24.3 Å². The van der Waals surface area contributed by atoms with Gasteiger partial charge in [0, 0.05) is 13.1 Å².